The van der Waals surface area contributed by atoms with Crippen molar-refractivity contribution < 1.29 is 22.3 Å². The Bertz CT molecular complexity index is 1400. The zero-order chi connectivity index (χ0) is 23.4. The second-order valence-electron chi connectivity index (χ2n) is 7.50. The molecule has 0 saturated carbocycles. The number of hydrogen-bond donors (Lipinski definition) is 1. The summed E-state index contributed by atoms with van der Waals surface area (Å²) in [5.74, 6) is -0.446. The molecule has 6 nitrogen and oxygen atoms in total. The number of nitrogens with one attached hydrogen (secondary N) is 1. The molecule has 170 valence electrons. The number of carbonyl (C=O) groups is 1. The van der Waals surface area contributed by atoms with Crippen molar-refractivity contribution in [3.63, 3.8) is 0 Å². The van der Waals surface area contributed by atoms with Crippen LogP contribution in [0.15, 0.2) is 83.9 Å². The lowest BCUT2D eigenvalue weighted by Crippen LogP contribution is -2.18. The molecule has 1 N–H and O–H groups in total. The number of hydrogen-bond acceptors (Lipinski definition) is 4. The number of halogens is 1. The standard InChI is InChI=1S/C25H23FN2O4S/c1-2-32-23-10-6-4-8-21(23)27-25(29)16-28-15-24(20-7-3-5-9-22(20)28)33(30,31)17-18-11-13-19(26)14-12-18/h3-15H,2,16-17H2,1H3,(H,27,29). The van der Waals surface area contributed by atoms with Gasteiger partial charge in [0, 0.05) is 17.1 Å². The van der Waals surface area contributed by atoms with Gasteiger partial charge in [0.1, 0.15) is 18.1 Å². The highest BCUT2D eigenvalue weighted by molar-refractivity contribution is 7.90. The molecule has 0 bridgehead atoms. The molecule has 0 spiro atoms. The van der Waals surface area contributed by atoms with E-state index in [-0.39, 0.29) is 23.1 Å². The van der Waals surface area contributed by atoms with Gasteiger partial charge in [-0.25, -0.2) is 12.8 Å². The first-order chi connectivity index (χ1) is 15.9. The van der Waals surface area contributed by atoms with Crippen LogP contribution in [0.3, 0.4) is 0 Å². The van der Waals surface area contributed by atoms with E-state index in [1.165, 1.54) is 30.5 Å². The SMILES string of the molecule is CCOc1ccccc1NC(=O)Cn1cc(S(=O)(=O)Cc2ccc(F)cc2)c2ccccc21. The van der Waals surface area contributed by atoms with Gasteiger partial charge in [0.25, 0.3) is 0 Å². The van der Waals surface area contributed by atoms with Crippen LogP contribution in [0.2, 0.25) is 0 Å². The molecule has 8 heteroatoms. The number of carbonyl (C=O) groups excluding carboxylic acids is 1. The number of benzene rings is 3. The summed E-state index contributed by atoms with van der Waals surface area (Å²) >= 11 is 0. The topological polar surface area (TPSA) is 77.4 Å². The first kappa shape index (κ1) is 22.5. The maximum Gasteiger partial charge on any atom is 0.244 e. The predicted molar refractivity (Wildman–Crippen MR) is 125 cm³/mol. The van der Waals surface area contributed by atoms with Crippen LogP contribution in [0.25, 0.3) is 10.9 Å². The molecule has 1 amide bonds. The average molecular weight is 467 g/mol. The van der Waals surface area contributed by atoms with Crippen molar-refractivity contribution in [1.29, 1.82) is 0 Å². The van der Waals surface area contributed by atoms with Crippen LogP contribution in [0, 0.1) is 5.82 Å². The fourth-order valence-electron chi connectivity index (χ4n) is 3.67. The van der Waals surface area contributed by atoms with E-state index < -0.39 is 15.7 Å². The van der Waals surface area contributed by atoms with E-state index in [0.29, 0.717) is 34.5 Å². The Labute approximate surface area is 191 Å². The summed E-state index contributed by atoms with van der Waals surface area (Å²) in [6.45, 7) is 2.25. The van der Waals surface area contributed by atoms with Crippen LogP contribution in [0.1, 0.15) is 12.5 Å². The van der Waals surface area contributed by atoms with Crippen LogP contribution in [-0.2, 0) is 26.9 Å². The maximum absolute atomic E-state index is 13.2. The Balaban J connectivity index is 1.62. The maximum atomic E-state index is 13.2. The van der Waals surface area contributed by atoms with Crippen molar-refractivity contribution in [2.75, 3.05) is 11.9 Å². The van der Waals surface area contributed by atoms with Gasteiger partial charge in [-0.15, -0.1) is 0 Å². The lowest BCUT2D eigenvalue weighted by Gasteiger charge is -2.12. The summed E-state index contributed by atoms with van der Waals surface area (Å²) in [5.41, 5.74) is 1.66. The summed E-state index contributed by atoms with van der Waals surface area (Å²) < 4.78 is 46.7. The van der Waals surface area contributed by atoms with Crippen molar-refractivity contribution >= 4 is 32.3 Å². The van der Waals surface area contributed by atoms with Crippen LogP contribution < -0.4 is 10.1 Å². The lowest BCUT2D eigenvalue weighted by atomic mass is 10.2. The Morgan fingerprint density at radius 1 is 1.00 bits per heavy atom. The van der Waals surface area contributed by atoms with Gasteiger partial charge in [-0.05, 0) is 42.8 Å². The van der Waals surface area contributed by atoms with Gasteiger partial charge >= 0.3 is 0 Å². The van der Waals surface area contributed by atoms with E-state index in [4.69, 9.17) is 4.74 Å². The van der Waals surface area contributed by atoms with Crippen molar-refractivity contribution in [1.82, 2.24) is 4.57 Å². The Kier molecular flexibility index (Phi) is 6.46. The van der Waals surface area contributed by atoms with Crippen molar-refractivity contribution in [3.05, 3.63) is 90.4 Å². The van der Waals surface area contributed by atoms with E-state index in [9.17, 15) is 17.6 Å². The number of fused-ring (bicyclic) bond motifs is 1. The van der Waals surface area contributed by atoms with Gasteiger partial charge in [0.15, 0.2) is 9.84 Å². The molecule has 4 aromatic rings. The normalized spacial score (nSPS) is 11.5. The minimum atomic E-state index is -3.74. The quantitative estimate of drug-likeness (QED) is 0.405. The van der Waals surface area contributed by atoms with Gasteiger partial charge in [-0.1, -0.05) is 42.5 Å². The Morgan fingerprint density at radius 2 is 1.70 bits per heavy atom. The van der Waals surface area contributed by atoms with E-state index in [1.54, 1.807) is 47.0 Å². The number of aromatic nitrogens is 1. The van der Waals surface area contributed by atoms with Crippen LogP contribution in [-0.4, -0.2) is 25.5 Å². The van der Waals surface area contributed by atoms with Crippen molar-refractivity contribution in [2.24, 2.45) is 0 Å². The molecular weight excluding hydrogens is 443 g/mol. The van der Waals surface area contributed by atoms with Gasteiger partial charge in [0.2, 0.25) is 5.91 Å². The molecule has 0 aliphatic rings. The Morgan fingerprint density at radius 3 is 2.45 bits per heavy atom. The summed E-state index contributed by atoms with van der Waals surface area (Å²) in [7, 11) is -3.74. The summed E-state index contributed by atoms with van der Waals surface area (Å²) in [6, 6.07) is 19.5. The first-order valence-electron chi connectivity index (χ1n) is 10.4. The Hall–Kier alpha value is -3.65. The third-order valence-corrected chi connectivity index (χ3v) is 6.84. The van der Waals surface area contributed by atoms with E-state index in [0.717, 1.165) is 0 Å². The van der Waals surface area contributed by atoms with Gasteiger partial charge in [-0.3, -0.25) is 4.79 Å². The van der Waals surface area contributed by atoms with Gasteiger partial charge in [0.05, 0.1) is 22.9 Å². The highest BCUT2D eigenvalue weighted by Gasteiger charge is 2.22. The third kappa shape index (κ3) is 5.06. The fraction of sp³-hybridized carbons (Fsp3) is 0.160. The molecule has 0 aliphatic carbocycles. The first-order valence-corrected chi connectivity index (χ1v) is 12.1. The molecule has 1 heterocycles. The van der Waals surface area contributed by atoms with Crippen LogP contribution in [0.4, 0.5) is 10.1 Å². The molecule has 0 atom stereocenters. The van der Waals surface area contributed by atoms with Crippen LogP contribution in [0.5, 0.6) is 5.75 Å². The predicted octanol–water partition coefficient (Wildman–Crippen LogP) is 4.79. The molecule has 33 heavy (non-hydrogen) atoms. The van der Waals surface area contributed by atoms with Crippen LogP contribution >= 0.6 is 0 Å². The minimum absolute atomic E-state index is 0.0763. The van der Waals surface area contributed by atoms with Gasteiger partial charge in [-0.2, -0.15) is 0 Å². The number of sulfone groups is 1. The highest BCUT2D eigenvalue weighted by Crippen LogP contribution is 2.29. The smallest absolute Gasteiger partial charge is 0.244 e. The number of nitrogens with zero attached hydrogens (tertiary/aromatic N) is 1. The summed E-state index contributed by atoms with van der Waals surface area (Å²) in [6.07, 6.45) is 1.48. The number of amides is 1. The molecule has 0 aliphatic heterocycles. The van der Waals surface area contributed by atoms with E-state index in [1.807, 2.05) is 13.0 Å². The average Bonchev–Trinajstić information content (AvgIpc) is 3.16. The number of ether oxygens (including phenoxy) is 1. The number of rotatable bonds is 8. The largest absolute Gasteiger partial charge is 0.492 e. The van der Waals surface area contributed by atoms with Gasteiger partial charge < -0.3 is 14.6 Å². The number of anilines is 1. The monoisotopic (exact) mass is 466 g/mol. The molecule has 0 unspecified atom stereocenters. The van der Waals surface area contributed by atoms with Crippen molar-refractivity contribution in [2.45, 2.75) is 24.1 Å². The molecule has 3 aromatic carbocycles. The third-order valence-electron chi connectivity index (χ3n) is 5.13. The number of para-hydroxylation sites is 3. The molecule has 1 aromatic heterocycles. The fourth-order valence-corrected chi connectivity index (χ4v) is 5.25. The summed E-state index contributed by atoms with van der Waals surface area (Å²) in [4.78, 5) is 12.9. The molecule has 0 radical (unpaired) electrons. The zero-order valence-corrected chi connectivity index (χ0v) is 18.8. The molecule has 0 fully saturated rings. The summed E-state index contributed by atoms with van der Waals surface area (Å²) in [5, 5.41) is 3.36. The molecular formula is C25H23FN2O4S. The molecule has 0 saturated heterocycles. The second-order valence-corrected chi connectivity index (χ2v) is 9.46. The van der Waals surface area contributed by atoms with Crippen molar-refractivity contribution in [3.8, 4) is 5.75 Å². The second kappa shape index (κ2) is 9.46. The highest BCUT2D eigenvalue weighted by atomic mass is 32.2. The lowest BCUT2D eigenvalue weighted by molar-refractivity contribution is -0.116. The molecule has 4 rings (SSSR count). The zero-order valence-electron chi connectivity index (χ0n) is 18.0. The van der Waals surface area contributed by atoms with E-state index in [2.05, 4.69) is 5.32 Å². The minimum Gasteiger partial charge on any atom is -0.492 e. The van der Waals surface area contributed by atoms with E-state index >= 15 is 0 Å².